The second kappa shape index (κ2) is 4.68. The van der Waals surface area contributed by atoms with Gasteiger partial charge in [-0.3, -0.25) is 9.79 Å². The molecule has 0 bridgehead atoms. The fraction of sp³-hybridized carbons (Fsp3) is 0.667. The number of nitrogens with two attached hydrogens (primary N) is 2. The van der Waals surface area contributed by atoms with Gasteiger partial charge in [0.15, 0.2) is 0 Å². The van der Waals surface area contributed by atoms with Crippen molar-refractivity contribution < 1.29 is 4.79 Å². The van der Waals surface area contributed by atoms with Crippen molar-refractivity contribution in [3.05, 3.63) is 11.8 Å². The van der Waals surface area contributed by atoms with E-state index in [9.17, 15) is 4.79 Å². The fourth-order valence-electron chi connectivity index (χ4n) is 1.51. The number of carbonyl (C=O) groups excluding carboxylic acids is 1. The Labute approximate surface area is 96.8 Å². The molecule has 0 aromatic carbocycles. The molecule has 16 heavy (non-hydrogen) atoms. The maximum absolute atomic E-state index is 11.3. The van der Waals surface area contributed by atoms with Crippen LogP contribution in [0.2, 0.25) is 0 Å². The molecule has 0 aliphatic heterocycles. The molecule has 90 valence electrons. The summed E-state index contributed by atoms with van der Waals surface area (Å²) in [5.74, 6) is -0.0216. The van der Waals surface area contributed by atoms with E-state index in [1.807, 2.05) is 13.0 Å². The van der Waals surface area contributed by atoms with E-state index in [1.54, 1.807) is 0 Å². The Balaban J connectivity index is 2.97. The minimum Gasteiger partial charge on any atom is -0.402 e. The van der Waals surface area contributed by atoms with Gasteiger partial charge in [-0.15, -0.1) is 0 Å². The summed E-state index contributed by atoms with van der Waals surface area (Å²) >= 11 is 0. The zero-order valence-electron chi connectivity index (χ0n) is 10.3. The van der Waals surface area contributed by atoms with E-state index in [4.69, 9.17) is 11.5 Å². The molecule has 1 fully saturated rings. The SMILES string of the molecule is CCC(C)C(C=C(C)N)=NC1(C(N)=O)CC1. The molecule has 1 saturated carbocycles. The minimum absolute atomic E-state index is 0.301. The highest BCUT2D eigenvalue weighted by atomic mass is 16.1. The molecule has 0 aromatic heterocycles. The van der Waals surface area contributed by atoms with Gasteiger partial charge in [0.1, 0.15) is 5.54 Å². The smallest absolute Gasteiger partial charge is 0.245 e. The first-order valence-corrected chi connectivity index (χ1v) is 5.74. The summed E-state index contributed by atoms with van der Waals surface area (Å²) in [5, 5.41) is 0. The molecule has 0 heterocycles. The molecule has 1 amide bonds. The Morgan fingerprint density at radius 3 is 2.38 bits per heavy atom. The minimum atomic E-state index is -0.634. The van der Waals surface area contributed by atoms with Crippen molar-refractivity contribution >= 4 is 11.6 Å². The molecule has 1 atom stereocenters. The summed E-state index contributed by atoms with van der Waals surface area (Å²) in [6, 6.07) is 0. The van der Waals surface area contributed by atoms with Crippen molar-refractivity contribution in [1.82, 2.24) is 0 Å². The van der Waals surface area contributed by atoms with Gasteiger partial charge >= 0.3 is 0 Å². The molecule has 0 saturated heterocycles. The normalized spacial score (nSPS) is 21.7. The van der Waals surface area contributed by atoms with Gasteiger partial charge in [0.05, 0.1) is 0 Å². The third-order valence-corrected chi connectivity index (χ3v) is 3.02. The van der Waals surface area contributed by atoms with Crippen LogP contribution in [0.3, 0.4) is 0 Å². The first-order chi connectivity index (χ1) is 7.41. The Bertz CT molecular complexity index is 336. The van der Waals surface area contributed by atoms with E-state index >= 15 is 0 Å². The molecule has 1 rings (SSSR count). The summed E-state index contributed by atoms with van der Waals surface area (Å²) in [6.45, 7) is 5.99. The molecule has 4 nitrogen and oxygen atoms in total. The molecular weight excluding hydrogens is 202 g/mol. The highest BCUT2D eigenvalue weighted by Gasteiger charge is 2.48. The van der Waals surface area contributed by atoms with Gasteiger partial charge in [-0.2, -0.15) is 0 Å². The van der Waals surface area contributed by atoms with Gasteiger partial charge in [0, 0.05) is 11.4 Å². The van der Waals surface area contributed by atoms with Crippen LogP contribution in [0.25, 0.3) is 0 Å². The predicted molar refractivity (Wildman–Crippen MR) is 66.0 cm³/mol. The first-order valence-electron chi connectivity index (χ1n) is 5.74. The number of rotatable bonds is 5. The van der Waals surface area contributed by atoms with Crippen molar-refractivity contribution in [2.24, 2.45) is 22.4 Å². The van der Waals surface area contributed by atoms with Crippen molar-refractivity contribution in [1.29, 1.82) is 0 Å². The van der Waals surface area contributed by atoms with Crippen LogP contribution >= 0.6 is 0 Å². The third-order valence-electron chi connectivity index (χ3n) is 3.02. The van der Waals surface area contributed by atoms with Crippen LogP contribution in [0, 0.1) is 5.92 Å². The Hall–Kier alpha value is -1.32. The van der Waals surface area contributed by atoms with Crippen molar-refractivity contribution in [3.63, 3.8) is 0 Å². The number of hydrogen-bond donors (Lipinski definition) is 2. The van der Waals surface area contributed by atoms with Gasteiger partial charge in [0.25, 0.3) is 0 Å². The number of aliphatic imine (C=N–C) groups is 1. The zero-order valence-corrected chi connectivity index (χ0v) is 10.3. The van der Waals surface area contributed by atoms with Crippen molar-refractivity contribution in [2.75, 3.05) is 0 Å². The average molecular weight is 223 g/mol. The molecule has 1 aliphatic rings. The second-order valence-corrected chi connectivity index (χ2v) is 4.63. The Morgan fingerprint density at radius 2 is 2.06 bits per heavy atom. The summed E-state index contributed by atoms with van der Waals surface area (Å²) in [7, 11) is 0. The van der Waals surface area contributed by atoms with Crippen LogP contribution in [0.5, 0.6) is 0 Å². The molecule has 0 aromatic rings. The van der Waals surface area contributed by atoms with Gasteiger partial charge in [0.2, 0.25) is 5.91 Å². The van der Waals surface area contributed by atoms with Crippen LogP contribution in [0.15, 0.2) is 16.8 Å². The van der Waals surface area contributed by atoms with Crippen molar-refractivity contribution in [2.45, 2.75) is 45.6 Å². The number of allylic oxidation sites excluding steroid dienone is 2. The third kappa shape index (κ3) is 2.84. The fourth-order valence-corrected chi connectivity index (χ4v) is 1.51. The largest absolute Gasteiger partial charge is 0.402 e. The number of carbonyl (C=O) groups is 1. The number of nitrogens with zero attached hydrogens (tertiary/aromatic N) is 1. The van der Waals surface area contributed by atoms with Gasteiger partial charge in [-0.25, -0.2) is 0 Å². The quantitative estimate of drug-likeness (QED) is 0.690. The lowest BCUT2D eigenvalue weighted by molar-refractivity contribution is -0.120. The van der Waals surface area contributed by atoms with Crippen LogP contribution in [0.1, 0.15) is 40.0 Å². The second-order valence-electron chi connectivity index (χ2n) is 4.63. The molecular formula is C12H21N3O. The lowest BCUT2D eigenvalue weighted by Crippen LogP contribution is -2.30. The maximum atomic E-state index is 11.3. The van der Waals surface area contributed by atoms with Crippen LogP contribution < -0.4 is 11.5 Å². The highest BCUT2D eigenvalue weighted by molar-refractivity contribution is 6.00. The molecule has 4 heteroatoms. The summed E-state index contributed by atoms with van der Waals surface area (Å²) in [4.78, 5) is 15.8. The maximum Gasteiger partial charge on any atom is 0.245 e. The van der Waals surface area contributed by atoms with E-state index in [2.05, 4.69) is 18.8 Å². The van der Waals surface area contributed by atoms with Gasteiger partial charge < -0.3 is 11.5 Å². The van der Waals surface area contributed by atoms with Gasteiger partial charge in [-0.1, -0.05) is 13.8 Å². The Morgan fingerprint density at radius 1 is 1.50 bits per heavy atom. The molecule has 0 radical (unpaired) electrons. The molecule has 0 spiro atoms. The van der Waals surface area contributed by atoms with E-state index < -0.39 is 5.54 Å². The van der Waals surface area contributed by atoms with E-state index in [0.717, 1.165) is 25.0 Å². The van der Waals surface area contributed by atoms with E-state index in [-0.39, 0.29) is 5.91 Å². The number of amides is 1. The van der Waals surface area contributed by atoms with E-state index in [1.165, 1.54) is 0 Å². The molecule has 4 N–H and O–H groups in total. The number of primary amides is 1. The standard InChI is InChI=1S/C12H21N3O/c1-4-8(2)10(7-9(3)13)15-12(5-6-12)11(14)16/h7-8H,4-6,13H2,1-3H3,(H2,14,16). The lowest BCUT2D eigenvalue weighted by atomic mass is 10.0. The molecule has 1 aliphatic carbocycles. The summed E-state index contributed by atoms with van der Waals surface area (Å²) in [5.41, 5.74) is 12.0. The van der Waals surface area contributed by atoms with Crippen LogP contribution in [-0.4, -0.2) is 17.2 Å². The van der Waals surface area contributed by atoms with Crippen LogP contribution in [0.4, 0.5) is 0 Å². The van der Waals surface area contributed by atoms with E-state index in [0.29, 0.717) is 11.6 Å². The summed E-state index contributed by atoms with van der Waals surface area (Å²) < 4.78 is 0. The topological polar surface area (TPSA) is 81.5 Å². The first kappa shape index (κ1) is 12.7. The number of hydrogen-bond acceptors (Lipinski definition) is 3. The van der Waals surface area contributed by atoms with Crippen LogP contribution in [-0.2, 0) is 4.79 Å². The zero-order chi connectivity index (χ0) is 12.3. The predicted octanol–water partition coefficient (Wildman–Crippen LogP) is 1.35. The molecule has 1 unspecified atom stereocenters. The van der Waals surface area contributed by atoms with Gasteiger partial charge in [-0.05, 0) is 38.2 Å². The average Bonchev–Trinajstić information content (AvgIpc) is 2.96. The summed E-state index contributed by atoms with van der Waals surface area (Å²) in [6.07, 6.45) is 4.34. The monoisotopic (exact) mass is 223 g/mol. The Kier molecular flexibility index (Phi) is 3.73. The lowest BCUT2D eigenvalue weighted by Gasteiger charge is -2.13. The highest BCUT2D eigenvalue weighted by Crippen LogP contribution is 2.40. The van der Waals surface area contributed by atoms with Crippen molar-refractivity contribution in [3.8, 4) is 0 Å².